The number of hydrogen-bond acceptors (Lipinski definition) is 8. The predicted octanol–water partition coefficient (Wildman–Crippen LogP) is 4.96. The van der Waals surface area contributed by atoms with Gasteiger partial charge in [0.15, 0.2) is 11.5 Å². The number of nitrogens with zero attached hydrogens (tertiary/aromatic N) is 7. The van der Waals surface area contributed by atoms with E-state index in [2.05, 4.69) is 26.5 Å². The number of aromatic nitrogens is 5. The Morgan fingerprint density at radius 3 is 2.27 bits per heavy atom. The molecule has 2 atom stereocenters. The zero-order chi connectivity index (χ0) is 32.0. The van der Waals surface area contributed by atoms with E-state index < -0.39 is 17.3 Å². The van der Waals surface area contributed by atoms with Gasteiger partial charge in [-0.05, 0) is 50.0 Å². The number of hydrogen-bond donors (Lipinski definition) is 1. The molecule has 0 bridgehead atoms. The number of nitrogens with two attached hydrogens (primary N) is 1. The van der Waals surface area contributed by atoms with Crippen molar-refractivity contribution in [1.29, 1.82) is 0 Å². The van der Waals surface area contributed by atoms with E-state index in [1.807, 2.05) is 46.4 Å². The maximum absolute atomic E-state index is 16.0. The first kappa shape index (κ1) is 30.7. The van der Waals surface area contributed by atoms with Crippen LogP contribution in [0.4, 0.5) is 20.3 Å². The Hall–Kier alpha value is -4.74. The van der Waals surface area contributed by atoms with E-state index in [1.54, 1.807) is 4.90 Å². The lowest BCUT2D eigenvalue weighted by molar-refractivity contribution is -0.128. The summed E-state index contributed by atoms with van der Waals surface area (Å²) in [6.45, 7) is 15.8. The van der Waals surface area contributed by atoms with Crippen LogP contribution in [0.15, 0.2) is 48.0 Å². The topological polar surface area (TPSA) is 123 Å². The number of piperazine rings is 1. The number of carbonyl (C=O) groups is 1. The molecule has 0 radical (unpaired) electrons. The van der Waals surface area contributed by atoms with Gasteiger partial charge in [-0.25, -0.2) is 33.1 Å². The van der Waals surface area contributed by atoms with E-state index in [0.29, 0.717) is 30.2 Å². The van der Waals surface area contributed by atoms with Crippen LogP contribution in [0.25, 0.3) is 28.0 Å². The summed E-state index contributed by atoms with van der Waals surface area (Å²) in [4.78, 5) is 48.4. The monoisotopic (exact) mass is 602 g/mol. The highest BCUT2D eigenvalue weighted by atomic mass is 19.1. The first-order chi connectivity index (χ1) is 20.8. The van der Waals surface area contributed by atoms with Crippen LogP contribution >= 0.6 is 0 Å². The summed E-state index contributed by atoms with van der Waals surface area (Å²) in [6.07, 6.45) is 2.72. The lowest BCUT2D eigenvalue weighted by atomic mass is 10.0. The molecule has 0 spiro atoms. The number of benzene rings is 1. The van der Waals surface area contributed by atoms with E-state index in [-0.39, 0.29) is 63.6 Å². The molecule has 1 aromatic carbocycles. The Kier molecular flexibility index (Phi) is 8.19. The zero-order valence-electron chi connectivity index (χ0n) is 25.7. The number of pyridine rings is 1. The normalized spacial score (nSPS) is 17.1. The van der Waals surface area contributed by atoms with E-state index in [0.717, 1.165) is 0 Å². The minimum atomic E-state index is -0.832. The molecule has 1 aliphatic rings. The van der Waals surface area contributed by atoms with Crippen molar-refractivity contribution in [2.24, 2.45) is 0 Å². The molecule has 0 aliphatic carbocycles. The molecule has 4 heterocycles. The van der Waals surface area contributed by atoms with Gasteiger partial charge >= 0.3 is 5.69 Å². The molecule has 4 aromatic rings. The fourth-order valence-corrected chi connectivity index (χ4v) is 5.82. The van der Waals surface area contributed by atoms with Crippen molar-refractivity contribution in [2.75, 3.05) is 23.7 Å². The van der Waals surface area contributed by atoms with Crippen molar-refractivity contribution in [2.45, 2.75) is 65.5 Å². The van der Waals surface area contributed by atoms with Crippen molar-refractivity contribution in [3.8, 4) is 16.9 Å². The van der Waals surface area contributed by atoms with Gasteiger partial charge in [0.2, 0.25) is 5.91 Å². The van der Waals surface area contributed by atoms with Crippen LogP contribution in [0.5, 0.6) is 0 Å². The molecule has 230 valence electrons. The van der Waals surface area contributed by atoms with Crippen molar-refractivity contribution in [3.63, 3.8) is 0 Å². The van der Waals surface area contributed by atoms with Gasteiger partial charge in [-0.15, -0.1) is 0 Å². The fraction of sp³-hybridized carbons (Fsp3) is 0.375. The summed E-state index contributed by atoms with van der Waals surface area (Å²) >= 11 is 0. The molecule has 2 N–H and O–H groups in total. The van der Waals surface area contributed by atoms with E-state index in [9.17, 15) is 9.59 Å². The molecule has 1 amide bonds. The number of rotatable bonds is 6. The van der Waals surface area contributed by atoms with Gasteiger partial charge in [-0.2, -0.15) is 4.98 Å². The average molecular weight is 603 g/mol. The summed E-state index contributed by atoms with van der Waals surface area (Å²) in [5.74, 6) is -1.82. The SMILES string of the molecule is C=CC(=O)N1C[C@H](C)N(c2nc(=O)n(-c3c(C(C)C)ncnc3C(C)C)c3nc(-c4c(N)cccc4F)c(F)cc23)C[C@@H]1C. The standard InChI is InChI=1S/C32H36F2N8O2/c1-8-24(43)40-13-19(7)41(14-18(40)6)30-20-12-22(34)28(25-21(33)10-9-11-23(25)35)38-31(20)42(32(44)39-30)29-26(16(2)3)36-15-37-27(29)17(4)5/h8-12,15-19H,1,13-14,35H2,2-7H3/t18-,19-/m0/s1. The molecule has 1 saturated heterocycles. The molecule has 0 saturated carbocycles. The van der Waals surface area contributed by atoms with Crippen molar-refractivity contribution >= 4 is 28.4 Å². The van der Waals surface area contributed by atoms with Crippen LogP contribution in [-0.2, 0) is 4.79 Å². The fourth-order valence-electron chi connectivity index (χ4n) is 5.82. The highest BCUT2D eigenvalue weighted by Crippen LogP contribution is 2.36. The highest BCUT2D eigenvalue weighted by molar-refractivity contribution is 5.92. The van der Waals surface area contributed by atoms with Crippen molar-refractivity contribution < 1.29 is 13.6 Å². The maximum atomic E-state index is 16.0. The van der Waals surface area contributed by atoms with Crippen molar-refractivity contribution in [3.05, 3.63) is 76.8 Å². The third-order valence-corrected chi connectivity index (χ3v) is 8.00. The zero-order valence-corrected chi connectivity index (χ0v) is 25.7. The van der Waals surface area contributed by atoms with Crippen LogP contribution in [-0.4, -0.2) is 60.5 Å². The summed E-state index contributed by atoms with van der Waals surface area (Å²) < 4.78 is 32.5. The largest absolute Gasteiger partial charge is 0.398 e. The Labute approximate surface area is 254 Å². The third kappa shape index (κ3) is 5.18. The second-order valence-corrected chi connectivity index (χ2v) is 11.8. The summed E-state index contributed by atoms with van der Waals surface area (Å²) in [5, 5.41) is 0.233. The number of nitrogen functional groups attached to an aromatic ring is 1. The average Bonchev–Trinajstić information content (AvgIpc) is 2.97. The maximum Gasteiger partial charge on any atom is 0.355 e. The van der Waals surface area contributed by atoms with Gasteiger partial charge in [-0.1, -0.05) is 40.3 Å². The minimum absolute atomic E-state index is 0.00170. The second-order valence-electron chi connectivity index (χ2n) is 11.8. The first-order valence-electron chi connectivity index (χ1n) is 14.6. The smallest absolute Gasteiger partial charge is 0.355 e. The Morgan fingerprint density at radius 2 is 1.68 bits per heavy atom. The molecule has 1 aliphatic heterocycles. The van der Waals surface area contributed by atoms with Gasteiger partial charge in [-0.3, -0.25) is 4.79 Å². The number of carbonyl (C=O) groups excluding carboxylic acids is 1. The lowest BCUT2D eigenvalue weighted by Crippen LogP contribution is -2.58. The Morgan fingerprint density at radius 1 is 1.02 bits per heavy atom. The molecule has 44 heavy (non-hydrogen) atoms. The van der Waals surface area contributed by atoms with Crippen LogP contribution in [0, 0.1) is 11.6 Å². The number of fused-ring (bicyclic) bond motifs is 1. The molecular weight excluding hydrogens is 566 g/mol. The first-order valence-corrected chi connectivity index (χ1v) is 14.6. The molecule has 3 aromatic heterocycles. The van der Waals surface area contributed by atoms with Crippen LogP contribution < -0.4 is 16.3 Å². The number of anilines is 2. The minimum Gasteiger partial charge on any atom is -0.398 e. The van der Waals surface area contributed by atoms with Gasteiger partial charge in [0, 0.05) is 30.9 Å². The predicted molar refractivity (Wildman–Crippen MR) is 167 cm³/mol. The summed E-state index contributed by atoms with van der Waals surface area (Å²) in [7, 11) is 0. The van der Waals surface area contributed by atoms with Gasteiger partial charge in [0.1, 0.15) is 23.7 Å². The summed E-state index contributed by atoms with van der Waals surface area (Å²) in [6, 6.07) is 4.73. The second kappa shape index (κ2) is 11.7. The highest BCUT2D eigenvalue weighted by Gasteiger charge is 2.34. The van der Waals surface area contributed by atoms with Gasteiger partial charge < -0.3 is 15.5 Å². The van der Waals surface area contributed by atoms with Gasteiger partial charge in [0.05, 0.1) is 28.0 Å². The van der Waals surface area contributed by atoms with Crippen LogP contribution in [0.2, 0.25) is 0 Å². The molecule has 10 nitrogen and oxygen atoms in total. The van der Waals surface area contributed by atoms with E-state index in [1.165, 1.54) is 41.2 Å². The van der Waals surface area contributed by atoms with Gasteiger partial charge in [0.25, 0.3) is 0 Å². The number of amides is 1. The number of halogens is 2. The van der Waals surface area contributed by atoms with Crippen LogP contribution in [0.1, 0.15) is 64.8 Å². The molecule has 1 fully saturated rings. The molecule has 5 rings (SSSR count). The third-order valence-electron chi connectivity index (χ3n) is 8.00. The van der Waals surface area contributed by atoms with E-state index in [4.69, 9.17) is 5.73 Å². The lowest BCUT2D eigenvalue weighted by Gasteiger charge is -2.44. The molecule has 12 heteroatoms. The van der Waals surface area contributed by atoms with E-state index >= 15 is 8.78 Å². The summed E-state index contributed by atoms with van der Waals surface area (Å²) in [5.41, 5.74) is 6.51. The quantitative estimate of drug-likeness (QED) is 0.243. The van der Waals surface area contributed by atoms with Crippen LogP contribution in [0.3, 0.4) is 0 Å². The Bertz CT molecular complexity index is 1790. The molecular formula is C32H36F2N8O2. The van der Waals surface area contributed by atoms with Crippen molar-refractivity contribution in [1.82, 2.24) is 29.4 Å². The Balaban J connectivity index is 1.88. The molecule has 0 unspecified atom stereocenters.